The Balaban J connectivity index is 1.96. The smallest absolute Gasteiger partial charge is 0.234 e. The van der Waals surface area contributed by atoms with E-state index in [-0.39, 0.29) is 24.2 Å². The Kier molecular flexibility index (Phi) is 7.63. The molecule has 2 aromatic rings. The van der Waals surface area contributed by atoms with E-state index < -0.39 is 5.82 Å². The zero-order valence-corrected chi connectivity index (χ0v) is 16.9. The second-order valence-corrected chi connectivity index (χ2v) is 6.54. The largest absolute Gasteiger partial charge is 0.497 e. The zero-order chi connectivity index (χ0) is 20.7. The lowest BCUT2D eigenvalue weighted by molar-refractivity contribution is -0.122. The quantitative estimate of drug-likeness (QED) is 0.713. The van der Waals surface area contributed by atoms with Crippen molar-refractivity contribution in [2.45, 2.75) is 19.5 Å². The van der Waals surface area contributed by atoms with Crippen LogP contribution in [0.15, 0.2) is 36.4 Å². The van der Waals surface area contributed by atoms with E-state index in [9.17, 15) is 9.18 Å². The maximum atomic E-state index is 13.8. The highest BCUT2D eigenvalue weighted by Crippen LogP contribution is 2.29. The van der Waals surface area contributed by atoms with E-state index in [2.05, 4.69) is 5.32 Å². The summed E-state index contributed by atoms with van der Waals surface area (Å²) in [6, 6.07) is 9.96. The standard InChI is InChI=1S/C21H27FN2O4/c1-14(17-11-16(26-3)7-9-19(17)27-4)23-21(25)13-24(2)12-15-6-8-20(28-5)18(22)10-15/h6-11,14H,12-13H2,1-5H3,(H,23,25). The van der Waals surface area contributed by atoms with Gasteiger partial charge in [0.15, 0.2) is 11.6 Å². The summed E-state index contributed by atoms with van der Waals surface area (Å²) in [5, 5.41) is 2.96. The molecule has 152 valence electrons. The summed E-state index contributed by atoms with van der Waals surface area (Å²) in [7, 11) is 6.40. The van der Waals surface area contributed by atoms with Crippen LogP contribution in [-0.2, 0) is 11.3 Å². The van der Waals surface area contributed by atoms with Crippen molar-refractivity contribution < 1.29 is 23.4 Å². The zero-order valence-electron chi connectivity index (χ0n) is 16.9. The first-order chi connectivity index (χ1) is 13.4. The van der Waals surface area contributed by atoms with Crippen molar-refractivity contribution in [3.8, 4) is 17.2 Å². The third-order valence-electron chi connectivity index (χ3n) is 4.36. The van der Waals surface area contributed by atoms with Crippen LogP contribution in [0, 0.1) is 5.82 Å². The van der Waals surface area contributed by atoms with Crippen molar-refractivity contribution >= 4 is 5.91 Å². The lowest BCUT2D eigenvalue weighted by Gasteiger charge is -2.21. The van der Waals surface area contributed by atoms with Gasteiger partial charge < -0.3 is 19.5 Å². The van der Waals surface area contributed by atoms with Crippen LogP contribution in [0.5, 0.6) is 17.2 Å². The number of carbonyl (C=O) groups is 1. The maximum Gasteiger partial charge on any atom is 0.234 e. The van der Waals surface area contributed by atoms with Gasteiger partial charge >= 0.3 is 0 Å². The summed E-state index contributed by atoms with van der Waals surface area (Å²) < 4.78 is 29.4. The van der Waals surface area contributed by atoms with Gasteiger partial charge in [0.1, 0.15) is 11.5 Å². The van der Waals surface area contributed by atoms with Crippen molar-refractivity contribution in [1.82, 2.24) is 10.2 Å². The van der Waals surface area contributed by atoms with Crippen LogP contribution in [0.25, 0.3) is 0 Å². The average molecular weight is 390 g/mol. The number of amides is 1. The Morgan fingerprint density at radius 2 is 1.75 bits per heavy atom. The fourth-order valence-corrected chi connectivity index (χ4v) is 2.96. The van der Waals surface area contributed by atoms with E-state index >= 15 is 0 Å². The molecule has 0 radical (unpaired) electrons. The van der Waals surface area contributed by atoms with Crippen LogP contribution in [0.3, 0.4) is 0 Å². The van der Waals surface area contributed by atoms with E-state index in [1.807, 2.05) is 17.9 Å². The Morgan fingerprint density at radius 3 is 2.36 bits per heavy atom. The number of rotatable bonds is 9. The molecule has 6 nitrogen and oxygen atoms in total. The van der Waals surface area contributed by atoms with E-state index in [4.69, 9.17) is 14.2 Å². The molecular weight excluding hydrogens is 363 g/mol. The van der Waals surface area contributed by atoms with Gasteiger partial charge in [0.05, 0.1) is 33.9 Å². The number of halogens is 1. The second-order valence-electron chi connectivity index (χ2n) is 6.54. The molecule has 0 aliphatic rings. The van der Waals surface area contributed by atoms with Gasteiger partial charge in [-0.2, -0.15) is 0 Å². The molecule has 28 heavy (non-hydrogen) atoms. The summed E-state index contributed by atoms with van der Waals surface area (Å²) in [6.07, 6.45) is 0. The molecule has 0 spiro atoms. The molecule has 0 aromatic heterocycles. The van der Waals surface area contributed by atoms with Gasteiger partial charge in [-0.05, 0) is 49.9 Å². The molecule has 1 amide bonds. The van der Waals surface area contributed by atoms with Crippen molar-refractivity contribution in [2.24, 2.45) is 0 Å². The number of nitrogens with one attached hydrogen (secondary N) is 1. The van der Waals surface area contributed by atoms with Crippen LogP contribution in [0.4, 0.5) is 4.39 Å². The maximum absolute atomic E-state index is 13.8. The van der Waals surface area contributed by atoms with Gasteiger partial charge in [-0.15, -0.1) is 0 Å². The number of carbonyl (C=O) groups excluding carboxylic acids is 1. The molecule has 7 heteroatoms. The summed E-state index contributed by atoms with van der Waals surface area (Å²) in [5.41, 5.74) is 1.59. The van der Waals surface area contributed by atoms with Crippen LogP contribution in [0.2, 0.25) is 0 Å². The lowest BCUT2D eigenvalue weighted by Crippen LogP contribution is -2.36. The van der Waals surface area contributed by atoms with Crippen molar-refractivity contribution in [1.29, 1.82) is 0 Å². The predicted octanol–water partition coefficient (Wildman–Crippen LogP) is 3.16. The van der Waals surface area contributed by atoms with Crippen LogP contribution in [-0.4, -0.2) is 45.7 Å². The topological polar surface area (TPSA) is 60.0 Å². The normalized spacial score (nSPS) is 11.8. The Bertz CT molecular complexity index is 813. The van der Waals surface area contributed by atoms with Crippen LogP contribution in [0.1, 0.15) is 24.1 Å². The minimum absolute atomic E-state index is 0.145. The Hall–Kier alpha value is -2.80. The molecule has 0 aliphatic carbocycles. The summed E-state index contributed by atoms with van der Waals surface area (Å²) in [6.45, 7) is 2.49. The molecule has 0 saturated carbocycles. The van der Waals surface area contributed by atoms with Gasteiger partial charge in [0, 0.05) is 12.1 Å². The monoisotopic (exact) mass is 390 g/mol. The number of methoxy groups -OCH3 is 3. The molecule has 1 N–H and O–H groups in total. The summed E-state index contributed by atoms with van der Waals surface area (Å²) in [5.74, 6) is 1.00. The first-order valence-corrected chi connectivity index (χ1v) is 8.90. The molecule has 0 bridgehead atoms. The second kappa shape index (κ2) is 9.94. The summed E-state index contributed by atoms with van der Waals surface area (Å²) in [4.78, 5) is 14.2. The number of benzene rings is 2. The van der Waals surface area contributed by atoms with Crippen LogP contribution >= 0.6 is 0 Å². The number of hydrogen-bond acceptors (Lipinski definition) is 5. The van der Waals surface area contributed by atoms with Crippen molar-refractivity contribution in [3.05, 3.63) is 53.3 Å². The van der Waals surface area contributed by atoms with Crippen molar-refractivity contribution in [2.75, 3.05) is 34.9 Å². The highest BCUT2D eigenvalue weighted by Gasteiger charge is 2.16. The first kappa shape index (κ1) is 21.5. The average Bonchev–Trinajstić information content (AvgIpc) is 2.67. The molecule has 0 fully saturated rings. The molecule has 2 rings (SSSR count). The van der Waals surface area contributed by atoms with Gasteiger partial charge in [-0.25, -0.2) is 4.39 Å². The minimum atomic E-state index is -0.420. The number of ether oxygens (including phenoxy) is 3. The fraction of sp³-hybridized carbons (Fsp3) is 0.381. The summed E-state index contributed by atoms with van der Waals surface area (Å²) >= 11 is 0. The molecule has 2 aromatic carbocycles. The van der Waals surface area contributed by atoms with E-state index in [1.54, 1.807) is 45.5 Å². The SMILES string of the molecule is COc1ccc(OC)c(C(C)NC(=O)CN(C)Cc2ccc(OC)c(F)c2)c1. The number of nitrogens with zero attached hydrogens (tertiary/aromatic N) is 1. The van der Waals surface area contributed by atoms with Gasteiger partial charge in [-0.1, -0.05) is 6.07 Å². The highest BCUT2D eigenvalue weighted by molar-refractivity contribution is 5.78. The van der Waals surface area contributed by atoms with E-state index in [0.717, 1.165) is 11.1 Å². The molecule has 1 unspecified atom stereocenters. The van der Waals surface area contributed by atoms with E-state index in [1.165, 1.54) is 13.2 Å². The molecule has 1 atom stereocenters. The number of likely N-dealkylation sites (N-methyl/N-ethyl adjacent to an activating group) is 1. The first-order valence-electron chi connectivity index (χ1n) is 8.90. The Labute approximate surface area is 165 Å². The van der Waals surface area contributed by atoms with Gasteiger partial charge in [0.2, 0.25) is 5.91 Å². The minimum Gasteiger partial charge on any atom is -0.497 e. The highest BCUT2D eigenvalue weighted by atomic mass is 19.1. The van der Waals surface area contributed by atoms with Crippen molar-refractivity contribution in [3.63, 3.8) is 0 Å². The Morgan fingerprint density at radius 1 is 1.07 bits per heavy atom. The molecular formula is C21H27FN2O4. The van der Waals surface area contributed by atoms with Gasteiger partial charge in [0.25, 0.3) is 0 Å². The third-order valence-corrected chi connectivity index (χ3v) is 4.36. The molecule has 0 aliphatic heterocycles. The predicted molar refractivity (Wildman–Crippen MR) is 105 cm³/mol. The fourth-order valence-electron chi connectivity index (χ4n) is 2.96. The molecule has 0 heterocycles. The lowest BCUT2D eigenvalue weighted by atomic mass is 10.1. The van der Waals surface area contributed by atoms with Crippen LogP contribution < -0.4 is 19.5 Å². The number of hydrogen-bond donors (Lipinski definition) is 1. The van der Waals surface area contributed by atoms with E-state index in [0.29, 0.717) is 18.0 Å². The van der Waals surface area contributed by atoms with Gasteiger partial charge in [-0.3, -0.25) is 9.69 Å². The molecule has 0 saturated heterocycles. The third kappa shape index (κ3) is 5.60.